The third-order valence-corrected chi connectivity index (χ3v) is 2.46. The Kier molecular flexibility index (Phi) is 4.70. The van der Waals surface area contributed by atoms with E-state index in [1.807, 2.05) is 0 Å². The van der Waals surface area contributed by atoms with E-state index in [0.717, 1.165) is 0 Å². The van der Waals surface area contributed by atoms with Gasteiger partial charge in [-0.05, 0) is 44.9 Å². The van der Waals surface area contributed by atoms with E-state index >= 15 is 0 Å². The molecule has 3 N–H and O–H groups in total. The van der Waals surface area contributed by atoms with E-state index in [9.17, 15) is 14.0 Å². The average Bonchev–Trinajstić information content (AvgIpc) is 2.27. The summed E-state index contributed by atoms with van der Waals surface area (Å²) in [4.78, 5) is 23.1. The number of hydrogen-bond donors (Lipinski definition) is 2. The molecule has 1 aromatic carbocycles. The molecule has 5 nitrogen and oxygen atoms in total. The van der Waals surface area contributed by atoms with Gasteiger partial charge < -0.3 is 15.8 Å². The number of aryl methyl sites for hydroxylation is 1. The van der Waals surface area contributed by atoms with E-state index in [2.05, 4.69) is 5.32 Å². The summed E-state index contributed by atoms with van der Waals surface area (Å²) in [7, 11) is 0. The first-order chi connectivity index (χ1) is 9.10. The van der Waals surface area contributed by atoms with Gasteiger partial charge in [0.2, 0.25) is 5.91 Å². The third kappa shape index (κ3) is 4.53. The number of amides is 2. The van der Waals surface area contributed by atoms with Gasteiger partial charge in [0.25, 0.3) is 0 Å². The molecule has 1 aromatic rings. The quantitative estimate of drug-likeness (QED) is 0.891. The van der Waals surface area contributed by atoms with Crippen molar-refractivity contribution in [3.8, 4) is 0 Å². The molecule has 0 saturated carbocycles. The van der Waals surface area contributed by atoms with Crippen molar-refractivity contribution in [1.29, 1.82) is 0 Å². The number of hydrogen-bond acceptors (Lipinski definition) is 3. The Morgan fingerprint density at radius 2 is 1.95 bits per heavy atom. The molecule has 0 aromatic heterocycles. The van der Waals surface area contributed by atoms with E-state index in [4.69, 9.17) is 10.5 Å². The van der Waals surface area contributed by atoms with Crippen molar-refractivity contribution >= 4 is 12.0 Å². The SMILES string of the molecule is Cc1cc(C(NC(=O)OC(C)(C)C)C(N)=O)ccc1F. The van der Waals surface area contributed by atoms with Gasteiger partial charge in [0.15, 0.2) is 0 Å². The summed E-state index contributed by atoms with van der Waals surface area (Å²) in [6.07, 6.45) is -0.761. The highest BCUT2D eigenvalue weighted by Gasteiger charge is 2.24. The summed E-state index contributed by atoms with van der Waals surface area (Å²) >= 11 is 0. The summed E-state index contributed by atoms with van der Waals surface area (Å²) in [6, 6.07) is 3.01. The van der Waals surface area contributed by atoms with Gasteiger partial charge in [-0.3, -0.25) is 4.79 Å². The molecule has 0 bridgehead atoms. The molecule has 0 saturated heterocycles. The zero-order valence-electron chi connectivity index (χ0n) is 12.0. The second-order valence-electron chi connectivity index (χ2n) is 5.49. The minimum Gasteiger partial charge on any atom is -0.444 e. The number of nitrogens with two attached hydrogens (primary N) is 1. The van der Waals surface area contributed by atoms with Crippen molar-refractivity contribution in [1.82, 2.24) is 5.32 Å². The van der Waals surface area contributed by atoms with E-state index in [1.54, 1.807) is 27.7 Å². The molecule has 2 amide bonds. The van der Waals surface area contributed by atoms with Crippen molar-refractivity contribution in [2.45, 2.75) is 39.3 Å². The maximum atomic E-state index is 13.2. The maximum Gasteiger partial charge on any atom is 0.408 e. The fraction of sp³-hybridized carbons (Fsp3) is 0.429. The zero-order chi connectivity index (χ0) is 15.5. The Bertz CT molecular complexity index is 524. The Morgan fingerprint density at radius 1 is 1.35 bits per heavy atom. The number of primary amides is 1. The summed E-state index contributed by atoms with van der Waals surface area (Å²) in [5.41, 5.74) is 5.34. The van der Waals surface area contributed by atoms with Crippen molar-refractivity contribution in [2.24, 2.45) is 5.73 Å². The molecule has 0 aliphatic heterocycles. The van der Waals surface area contributed by atoms with Crippen LogP contribution in [0.3, 0.4) is 0 Å². The van der Waals surface area contributed by atoms with Crippen LogP contribution in [0.15, 0.2) is 18.2 Å². The highest BCUT2D eigenvalue weighted by molar-refractivity contribution is 5.85. The van der Waals surface area contributed by atoms with Gasteiger partial charge in [0.05, 0.1) is 0 Å². The lowest BCUT2D eigenvalue weighted by Crippen LogP contribution is -2.40. The fourth-order valence-electron chi connectivity index (χ4n) is 1.59. The van der Waals surface area contributed by atoms with E-state index in [1.165, 1.54) is 18.2 Å². The van der Waals surface area contributed by atoms with Crippen LogP contribution in [0.1, 0.15) is 37.9 Å². The number of ether oxygens (including phenoxy) is 1. The van der Waals surface area contributed by atoms with Crippen LogP contribution in [0.4, 0.5) is 9.18 Å². The molecule has 0 heterocycles. The van der Waals surface area contributed by atoms with E-state index < -0.39 is 29.5 Å². The summed E-state index contributed by atoms with van der Waals surface area (Å²) in [6.45, 7) is 6.67. The predicted molar refractivity (Wildman–Crippen MR) is 72.4 cm³/mol. The Morgan fingerprint density at radius 3 is 2.40 bits per heavy atom. The molecule has 20 heavy (non-hydrogen) atoms. The molecule has 0 aliphatic carbocycles. The Hall–Kier alpha value is -2.11. The topological polar surface area (TPSA) is 81.4 Å². The number of benzene rings is 1. The molecule has 1 atom stereocenters. The molecule has 1 unspecified atom stereocenters. The minimum atomic E-state index is -1.07. The average molecular weight is 282 g/mol. The highest BCUT2D eigenvalue weighted by Crippen LogP contribution is 2.17. The van der Waals surface area contributed by atoms with Crippen LogP contribution in [0, 0.1) is 12.7 Å². The van der Waals surface area contributed by atoms with Crippen LogP contribution >= 0.6 is 0 Å². The molecule has 6 heteroatoms. The Balaban J connectivity index is 2.92. The number of rotatable bonds is 3. The number of nitrogens with one attached hydrogen (secondary N) is 1. The van der Waals surface area contributed by atoms with Gasteiger partial charge in [-0.25, -0.2) is 9.18 Å². The summed E-state index contributed by atoms with van der Waals surface area (Å²) in [5.74, 6) is -1.14. The van der Waals surface area contributed by atoms with Crippen LogP contribution in [0.25, 0.3) is 0 Å². The van der Waals surface area contributed by atoms with Crippen LogP contribution in [-0.4, -0.2) is 17.6 Å². The normalized spacial score (nSPS) is 12.7. The number of carbonyl (C=O) groups excluding carboxylic acids is 2. The fourth-order valence-corrected chi connectivity index (χ4v) is 1.59. The van der Waals surface area contributed by atoms with Gasteiger partial charge in [-0.15, -0.1) is 0 Å². The smallest absolute Gasteiger partial charge is 0.408 e. The molecule has 0 radical (unpaired) electrons. The van der Waals surface area contributed by atoms with E-state index in [-0.39, 0.29) is 0 Å². The molecular weight excluding hydrogens is 263 g/mol. The van der Waals surface area contributed by atoms with Crippen LogP contribution in [-0.2, 0) is 9.53 Å². The van der Waals surface area contributed by atoms with Crippen molar-refractivity contribution in [2.75, 3.05) is 0 Å². The monoisotopic (exact) mass is 282 g/mol. The minimum absolute atomic E-state index is 0.361. The lowest BCUT2D eigenvalue weighted by molar-refractivity contribution is -0.120. The van der Waals surface area contributed by atoms with Gasteiger partial charge in [0.1, 0.15) is 17.5 Å². The lowest BCUT2D eigenvalue weighted by atomic mass is 10.0. The van der Waals surface area contributed by atoms with E-state index in [0.29, 0.717) is 11.1 Å². The molecule has 0 fully saturated rings. The van der Waals surface area contributed by atoms with Crippen molar-refractivity contribution in [3.05, 3.63) is 35.1 Å². The summed E-state index contributed by atoms with van der Waals surface area (Å²) in [5, 5.41) is 2.38. The number of halogens is 1. The van der Waals surface area contributed by atoms with Crippen molar-refractivity contribution in [3.63, 3.8) is 0 Å². The zero-order valence-corrected chi connectivity index (χ0v) is 12.0. The first-order valence-electron chi connectivity index (χ1n) is 6.15. The second-order valence-corrected chi connectivity index (χ2v) is 5.49. The van der Waals surface area contributed by atoms with Crippen LogP contribution in [0.5, 0.6) is 0 Å². The maximum absolute atomic E-state index is 13.2. The predicted octanol–water partition coefficient (Wildman–Crippen LogP) is 2.19. The highest BCUT2D eigenvalue weighted by atomic mass is 19.1. The largest absolute Gasteiger partial charge is 0.444 e. The second kappa shape index (κ2) is 5.90. The molecule has 1 rings (SSSR count). The molecular formula is C14H19FN2O3. The first-order valence-corrected chi connectivity index (χ1v) is 6.15. The van der Waals surface area contributed by atoms with Crippen LogP contribution < -0.4 is 11.1 Å². The number of alkyl carbamates (subject to hydrolysis) is 1. The van der Waals surface area contributed by atoms with Gasteiger partial charge in [0, 0.05) is 0 Å². The standard InChI is InChI=1S/C14H19FN2O3/c1-8-7-9(5-6-10(8)15)11(12(16)18)17-13(19)20-14(2,3)4/h5-7,11H,1-4H3,(H2,16,18)(H,17,19). The first kappa shape index (κ1) is 15.9. The molecule has 110 valence electrons. The Labute approximate surface area is 117 Å². The van der Waals surface area contributed by atoms with Gasteiger partial charge in [-0.1, -0.05) is 12.1 Å². The third-order valence-electron chi connectivity index (χ3n) is 2.46. The summed E-state index contributed by atoms with van der Waals surface area (Å²) < 4.78 is 18.3. The molecule has 0 spiro atoms. The van der Waals surface area contributed by atoms with Crippen LogP contribution in [0.2, 0.25) is 0 Å². The molecule has 0 aliphatic rings. The van der Waals surface area contributed by atoms with Crippen molar-refractivity contribution < 1.29 is 18.7 Å². The lowest BCUT2D eigenvalue weighted by Gasteiger charge is -2.22. The number of carbonyl (C=O) groups is 2. The van der Waals surface area contributed by atoms with Gasteiger partial charge >= 0.3 is 6.09 Å². The van der Waals surface area contributed by atoms with Gasteiger partial charge in [-0.2, -0.15) is 0 Å².